The van der Waals surface area contributed by atoms with E-state index >= 15 is 0 Å². The number of carboxylic acid groups (broad SMARTS) is 1. The maximum absolute atomic E-state index is 11.7. The van der Waals surface area contributed by atoms with E-state index in [9.17, 15) is 20.1 Å². The minimum Gasteiger partial charge on any atom is -0.507 e. The Morgan fingerprint density at radius 2 is 2.04 bits per heavy atom. The minimum atomic E-state index is -1.17. The molecule has 0 fully saturated rings. The van der Waals surface area contributed by atoms with Crippen LogP contribution in [0.2, 0.25) is 0 Å². The molecule has 0 radical (unpaired) electrons. The van der Waals surface area contributed by atoms with E-state index in [0.29, 0.717) is 17.5 Å². The molecule has 0 saturated carbocycles. The van der Waals surface area contributed by atoms with E-state index in [1.807, 2.05) is 26.8 Å². The van der Waals surface area contributed by atoms with Crippen LogP contribution in [0.15, 0.2) is 29.9 Å². The second kappa shape index (κ2) is 7.12. The predicted molar refractivity (Wildman–Crippen MR) is 94.8 cm³/mol. The lowest BCUT2D eigenvalue weighted by Crippen LogP contribution is -2.18. The fourth-order valence-electron chi connectivity index (χ4n) is 3.66. The Bertz CT molecular complexity index is 700. The van der Waals surface area contributed by atoms with Crippen LogP contribution in [0.25, 0.3) is 0 Å². The summed E-state index contributed by atoms with van der Waals surface area (Å²) in [6.45, 7) is 9.91. The van der Waals surface area contributed by atoms with Crippen molar-refractivity contribution in [3.63, 3.8) is 0 Å². The van der Waals surface area contributed by atoms with E-state index in [2.05, 4.69) is 6.58 Å². The average molecular weight is 330 g/mol. The van der Waals surface area contributed by atoms with Gasteiger partial charge in [-0.1, -0.05) is 37.1 Å². The summed E-state index contributed by atoms with van der Waals surface area (Å²) in [6, 6.07) is 1.50. The van der Waals surface area contributed by atoms with Gasteiger partial charge in [-0.2, -0.15) is 0 Å². The Morgan fingerprint density at radius 1 is 1.38 bits per heavy atom. The van der Waals surface area contributed by atoms with Gasteiger partial charge in [-0.15, -0.1) is 0 Å². The molecule has 1 aromatic carbocycles. The van der Waals surface area contributed by atoms with Crippen molar-refractivity contribution >= 4 is 5.97 Å². The van der Waals surface area contributed by atoms with Crippen molar-refractivity contribution in [3.05, 3.63) is 46.6 Å². The number of phenolic OH excluding ortho intramolecular Hbond substituents is 1. The standard InChI is InChI=1S/C20H26O4/c1-5-6-13-10-16(21)18(19(22)17(13)20(23)24)15-9-12(4)7-8-14(15)11(2)3/h9-10,14-15,21-22H,2,5-8H2,1,3-4H3,(H,23,24)/t14-,15?/m1/s1. The van der Waals surface area contributed by atoms with Gasteiger partial charge in [0.1, 0.15) is 17.1 Å². The van der Waals surface area contributed by atoms with Gasteiger partial charge in [0.05, 0.1) is 0 Å². The first-order valence-corrected chi connectivity index (χ1v) is 8.41. The van der Waals surface area contributed by atoms with E-state index in [1.54, 1.807) is 0 Å². The van der Waals surface area contributed by atoms with Crippen molar-refractivity contribution in [2.24, 2.45) is 5.92 Å². The SMILES string of the molecule is C=C(C)[C@H]1CCC(C)=CC1c1c(O)cc(CCC)c(C(=O)O)c1O. The Hall–Kier alpha value is -2.23. The van der Waals surface area contributed by atoms with Gasteiger partial charge in [0.25, 0.3) is 0 Å². The summed E-state index contributed by atoms with van der Waals surface area (Å²) in [6.07, 6.45) is 5.06. The van der Waals surface area contributed by atoms with Crippen LogP contribution in [0.1, 0.15) is 67.4 Å². The number of rotatable bonds is 5. The maximum Gasteiger partial charge on any atom is 0.339 e. The molecule has 0 aliphatic heterocycles. The number of hydrogen-bond acceptors (Lipinski definition) is 3. The van der Waals surface area contributed by atoms with Gasteiger partial charge in [0.2, 0.25) is 0 Å². The van der Waals surface area contributed by atoms with Crippen LogP contribution in [0.4, 0.5) is 0 Å². The second-order valence-corrected chi connectivity index (χ2v) is 6.78. The molecule has 4 nitrogen and oxygen atoms in total. The van der Waals surface area contributed by atoms with Crippen LogP contribution in [0.3, 0.4) is 0 Å². The van der Waals surface area contributed by atoms with Gasteiger partial charge < -0.3 is 15.3 Å². The molecule has 0 spiro atoms. The Kier molecular flexibility index (Phi) is 5.37. The van der Waals surface area contributed by atoms with E-state index in [-0.39, 0.29) is 28.9 Å². The molecule has 2 atom stereocenters. The van der Waals surface area contributed by atoms with Crippen molar-refractivity contribution in [2.45, 2.75) is 52.4 Å². The first kappa shape index (κ1) is 18.1. The average Bonchev–Trinajstić information content (AvgIpc) is 2.46. The number of carbonyl (C=O) groups is 1. The van der Waals surface area contributed by atoms with Crippen LogP contribution in [-0.4, -0.2) is 21.3 Å². The Balaban J connectivity index is 2.68. The fourth-order valence-corrected chi connectivity index (χ4v) is 3.66. The van der Waals surface area contributed by atoms with E-state index in [1.165, 1.54) is 11.6 Å². The Morgan fingerprint density at radius 3 is 2.58 bits per heavy atom. The van der Waals surface area contributed by atoms with Gasteiger partial charge in [-0.25, -0.2) is 4.79 Å². The monoisotopic (exact) mass is 330 g/mol. The van der Waals surface area contributed by atoms with Gasteiger partial charge in [-0.3, -0.25) is 0 Å². The number of allylic oxidation sites excluding steroid dienone is 3. The first-order chi connectivity index (χ1) is 11.3. The molecule has 24 heavy (non-hydrogen) atoms. The second-order valence-electron chi connectivity index (χ2n) is 6.78. The fraction of sp³-hybridized carbons (Fsp3) is 0.450. The number of aryl methyl sites for hydroxylation is 1. The van der Waals surface area contributed by atoms with Gasteiger partial charge in [0, 0.05) is 11.5 Å². The van der Waals surface area contributed by atoms with E-state index in [0.717, 1.165) is 24.8 Å². The molecule has 2 rings (SSSR count). The highest BCUT2D eigenvalue weighted by molar-refractivity contribution is 5.94. The molecule has 0 bridgehead atoms. The van der Waals surface area contributed by atoms with Crippen LogP contribution in [0, 0.1) is 5.92 Å². The number of aromatic hydroxyl groups is 2. The molecule has 1 aliphatic rings. The number of carboxylic acids is 1. The van der Waals surface area contributed by atoms with Gasteiger partial charge in [0.15, 0.2) is 0 Å². The summed E-state index contributed by atoms with van der Waals surface area (Å²) in [5.74, 6) is -1.70. The maximum atomic E-state index is 11.7. The lowest BCUT2D eigenvalue weighted by Gasteiger charge is -2.32. The molecule has 130 valence electrons. The predicted octanol–water partition coefficient (Wildman–Crippen LogP) is 4.76. The normalized spacial score (nSPS) is 20.5. The molecular formula is C20H26O4. The summed E-state index contributed by atoms with van der Waals surface area (Å²) in [7, 11) is 0. The van der Waals surface area contributed by atoms with Gasteiger partial charge in [-0.05, 0) is 50.7 Å². The molecule has 1 aromatic rings. The van der Waals surface area contributed by atoms with Crippen LogP contribution in [-0.2, 0) is 6.42 Å². The summed E-state index contributed by atoms with van der Waals surface area (Å²) in [5, 5.41) is 30.8. The molecule has 4 heteroatoms. The van der Waals surface area contributed by atoms with Crippen molar-refractivity contribution in [1.29, 1.82) is 0 Å². The summed E-state index contributed by atoms with van der Waals surface area (Å²) in [4.78, 5) is 11.7. The molecule has 0 saturated heterocycles. The van der Waals surface area contributed by atoms with Crippen LogP contribution >= 0.6 is 0 Å². The zero-order valence-corrected chi connectivity index (χ0v) is 14.6. The van der Waals surface area contributed by atoms with Crippen molar-refractivity contribution in [3.8, 4) is 11.5 Å². The number of hydrogen-bond donors (Lipinski definition) is 3. The van der Waals surface area contributed by atoms with Crippen molar-refractivity contribution in [1.82, 2.24) is 0 Å². The zero-order chi connectivity index (χ0) is 18.0. The quantitative estimate of drug-likeness (QED) is 0.680. The third-order valence-corrected chi connectivity index (χ3v) is 4.85. The number of aromatic carboxylic acids is 1. The number of benzene rings is 1. The lowest BCUT2D eigenvalue weighted by molar-refractivity contribution is 0.0692. The molecular weight excluding hydrogens is 304 g/mol. The van der Waals surface area contributed by atoms with Crippen molar-refractivity contribution < 1.29 is 20.1 Å². The smallest absolute Gasteiger partial charge is 0.339 e. The highest BCUT2D eigenvalue weighted by Gasteiger charge is 2.32. The molecule has 1 unspecified atom stereocenters. The number of phenols is 2. The molecule has 1 aliphatic carbocycles. The van der Waals surface area contributed by atoms with Gasteiger partial charge >= 0.3 is 5.97 Å². The molecule has 3 N–H and O–H groups in total. The van der Waals surface area contributed by atoms with Crippen molar-refractivity contribution in [2.75, 3.05) is 0 Å². The largest absolute Gasteiger partial charge is 0.507 e. The lowest BCUT2D eigenvalue weighted by atomic mass is 9.73. The molecule has 0 aromatic heterocycles. The first-order valence-electron chi connectivity index (χ1n) is 8.41. The summed E-state index contributed by atoms with van der Waals surface area (Å²) < 4.78 is 0. The Labute approximate surface area is 143 Å². The van der Waals surface area contributed by atoms with E-state index < -0.39 is 5.97 Å². The minimum absolute atomic E-state index is 0.0387. The topological polar surface area (TPSA) is 77.8 Å². The summed E-state index contributed by atoms with van der Waals surface area (Å²) >= 11 is 0. The highest BCUT2D eigenvalue weighted by atomic mass is 16.4. The molecule has 0 amide bonds. The van der Waals surface area contributed by atoms with Crippen LogP contribution in [0.5, 0.6) is 11.5 Å². The van der Waals surface area contributed by atoms with Crippen LogP contribution < -0.4 is 0 Å². The molecule has 0 heterocycles. The third-order valence-electron chi connectivity index (χ3n) is 4.85. The van der Waals surface area contributed by atoms with E-state index in [4.69, 9.17) is 0 Å². The zero-order valence-electron chi connectivity index (χ0n) is 14.6. The highest BCUT2D eigenvalue weighted by Crippen LogP contribution is 2.48. The third kappa shape index (κ3) is 3.32. The summed E-state index contributed by atoms with van der Waals surface area (Å²) in [5.41, 5.74) is 2.82.